The van der Waals surface area contributed by atoms with Gasteiger partial charge in [-0.05, 0) is 42.0 Å². The third-order valence-corrected chi connectivity index (χ3v) is 4.33. The van der Waals surface area contributed by atoms with E-state index in [4.69, 9.17) is 9.47 Å². The summed E-state index contributed by atoms with van der Waals surface area (Å²) in [6.45, 7) is 9.35. The highest BCUT2D eigenvalue weighted by Gasteiger charge is 2.19. The number of carbonyl (C=O) groups is 1. The molecule has 5 heteroatoms. The molecule has 2 heterocycles. The third kappa shape index (κ3) is 4.34. The number of rotatable bonds is 6. The van der Waals surface area contributed by atoms with Gasteiger partial charge in [0.2, 0.25) is 5.91 Å². The van der Waals surface area contributed by atoms with E-state index in [2.05, 4.69) is 37.1 Å². The van der Waals surface area contributed by atoms with Crippen molar-refractivity contribution in [2.45, 2.75) is 40.7 Å². The van der Waals surface area contributed by atoms with Crippen molar-refractivity contribution in [1.29, 1.82) is 0 Å². The maximum Gasteiger partial charge on any atom is 0.222 e. The Morgan fingerprint density at radius 2 is 2.08 bits per heavy atom. The molecule has 5 nitrogen and oxygen atoms in total. The second kappa shape index (κ2) is 7.77. The zero-order valence-electron chi connectivity index (χ0n) is 15.8. The molecule has 1 aliphatic rings. The lowest BCUT2D eigenvalue weighted by molar-refractivity contribution is -0.114. The molecule has 138 valence electrons. The molecule has 0 radical (unpaired) electrons. The van der Waals surface area contributed by atoms with Crippen LogP contribution in [0.15, 0.2) is 30.5 Å². The third-order valence-electron chi connectivity index (χ3n) is 4.33. The smallest absolute Gasteiger partial charge is 0.222 e. The monoisotopic (exact) mass is 354 g/mol. The molecule has 0 saturated heterocycles. The van der Waals surface area contributed by atoms with Crippen LogP contribution in [0.25, 0.3) is 11.1 Å². The van der Waals surface area contributed by atoms with Crippen LogP contribution in [0.3, 0.4) is 0 Å². The van der Waals surface area contributed by atoms with Gasteiger partial charge in [0.25, 0.3) is 0 Å². The fourth-order valence-corrected chi connectivity index (χ4v) is 3.33. The lowest BCUT2D eigenvalue weighted by atomic mass is 9.97. The first kappa shape index (κ1) is 18.2. The number of hydrogen-bond donors (Lipinski definition) is 1. The Kier molecular flexibility index (Phi) is 5.45. The van der Waals surface area contributed by atoms with Crippen LogP contribution in [0.2, 0.25) is 0 Å². The number of ether oxygens (including phenoxy) is 2. The van der Waals surface area contributed by atoms with Gasteiger partial charge >= 0.3 is 0 Å². The molecule has 0 fully saturated rings. The molecule has 26 heavy (non-hydrogen) atoms. The minimum Gasteiger partial charge on any atom is -0.493 e. The quantitative estimate of drug-likeness (QED) is 0.819. The molecular formula is C21H26N2O3. The standard InChI is InChI=1S/C21H26N2O3/c1-13(2)7-14(3)11-25-17-5-6-18-16(8-17)12-26-20-10-22-21(9-19(18)20)23-15(4)24/h5-6,8-10,13-14H,7,11-12H2,1-4H3,(H,22,23,24)/t14-/m1/s1. The zero-order chi connectivity index (χ0) is 18.7. The van der Waals surface area contributed by atoms with E-state index in [1.54, 1.807) is 6.20 Å². The van der Waals surface area contributed by atoms with Crippen molar-refractivity contribution >= 4 is 11.7 Å². The summed E-state index contributed by atoms with van der Waals surface area (Å²) in [5.74, 6) is 3.17. The maximum atomic E-state index is 11.3. The Labute approximate surface area is 154 Å². The Bertz CT molecular complexity index is 802. The number of anilines is 1. The van der Waals surface area contributed by atoms with Crippen LogP contribution >= 0.6 is 0 Å². The number of fused-ring (bicyclic) bond motifs is 3. The van der Waals surface area contributed by atoms with Crippen LogP contribution in [0.5, 0.6) is 11.5 Å². The molecule has 0 aliphatic carbocycles. The van der Waals surface area contributed by atoms with Gasteiger partial charge in [-0.1, -0.05) is 26.8 Å². The number of benzene rings is 1. The van der Waals surface area contributed by atoms with Crippen LogP contribution in [-0.4, -0.2) is 17.5 Å². The number of nitrogens with zero attached hydrogens (tertiary/aromatic N) is 1. The van der Waals surface area contributed by atoms with Crippen molar-refractivity contribution in [3.63, 3.8) is 0 Å². The topological polar surface area (TPSA) is 60.5 Å². The molecule has 0 saturated carbocycles. The van der Waals surface area contributed by atoms with Crippen LogP contribution in [-0.2, 0) is 11.4 Å². The van der Waals surface area contributed by atoms with Gasteiger partial charge in [-0.15, -0.1) is 0 Å². The summed E-state index contributed by atoms with van der Waals surface area (Å²) < 4.78 is 11.8. The first-order valence-corrected chi connectivity index (χ1v) is 9.09. The van der Waals surface area contributed by atoms with Crippen LogP contribution in [0.4, 0.5) is 5.82 Å². The summed E-state index contributed by atoms with van der Waals surface area (Å²) in [7, 11) is 0. The summed E-state index contributed by atoms with van der Waals surface area (Å²) in [5, 5.41) is 2.72. The van der Waals surface area contributed by atoms with Gasteiger partial charge in [-0.3, -0.25) is 4.79 Å². The first-order valence-electron chi connectivity index (χ1n) is 9.09. The predicted octanol–water partition coefficient (Wildman–Crippen LogP) is 4.66. The van der Waals surface area contributed by atoms with E-state index in [9.17, 15) is 4.79 Å². The molecule has 0 bridgehead atoms. The Morgan fingerprint density at radius 1 is 1.27 bits per heavy atom. The average molecular weight is 354 g/mol. The minimum atomic E-state index is -0.145. The molecule has 1 aromatic heterocycles. The van der Waals surface area contributed by atoms with Gasteiger partial charge in [0.15, 0.2) is 0 Å². The number of amides is 1. The molecule has 0 unspecified atom stereocenters. The van der Waals surface area contributed by atoms with E-state index in [-0.39, 0.29) is 5.91 Å². The van der Waals surface area contributed by atoms with Crippen molar-refractivity contribution in [1.82, 2.24) is 4.98 Å². The number of nitrogens with one attached hydrogen (secondary N) is 1. The molecule has 1 N–H and O–H groups in total. The second-order valence-electron chi connectivity index (χ2n) is 7.40. The fourth-order valence-electron chi connectivity index (χ4n) is 3.33. The normalized spacial score (nSPS) is 13.4. The van der Waals surface area contributed by atoms with Gasteiger partial charge in [0, 0.05) is 18.1 Å². The molecular weight excluding hydrogens is 328 g/mol. The van der Waals surface area contributed by atoms with Crippen LogP contribution in [0.1, 0.15) is 39.7 Å². The summed E-state index contributed by atoms with van der Waals surface area (Å²) >= 11 is 0. The van der Waals surface area contributed by atoms with Crippen molar-refractivity contribution < 1.29 is 14.3 Å². The van der Waals surface area contributed by atoms with Gasteiger partial charge in [-0.25, -0.2) is 4.98 Å². The van der Waals surface area contributed by atoms with E-state index < -0.39 is 0 Å². The van der Waals surface area contributed by atoms with Crippen molar-refractivity contribution in [2.75, 3.05) is 11.9 Å². The number of hydrogen-bond acceptors (Lipinski definition) is 4. The second-order valence-corrected chi connectivity index (χ2v) is 7.40. The molecule has 0 spiro atoms. The molecule has 1 aliphatic heterocycles. The van der Waals surface area contributed by atoms with Gasteiger partial charge < -0.3 is 14.8 Å². The predicted molar refractivity (Wildman–Crippen MR) is 102 cm³/mol. The highest BCUT2D eigenvalue weighted by Crippen LogP contribution is 2.39. The SMILES string of the molecule is CC(=O)Nc1cc2c(cn1)OCc1cc(OC[C@H](C)CC(C)C)ccc1-2. The van der Waals surface area contributed by atoms with Crippen molar-refractivity contribution in [3.8, 4) is 22.6 Å². The van der Waals surface area contributed by atoms with Crippen LogP contribution in [0, 0.1) is 11.8 Å². The van der Waals surface area contributed by atoms with Crippen LogP contribution < -0.4 is 14.8 Å². The van der Waals surface area contributed by atoms with E-state index in [0.717, 1.165) is 34.6 Å². The Hall–Kier alpha value is -2.56. The van der Waals surface area contributed by atoms with Crippen molar-refractivity contribution in [3.05, 3.63) is 36.0 Å². The summed E-state index contributed by atoms with van der Waals surface area (Å²) in [4.78, 5) is 15.5. The average Bonchev–Trinajstić information content (AvgIpc) is 2.58. The first-order chi connectivity index (χ1) is 12.4. The molecule has 1 amide bonds. The van der Waals surface area contributed by atoms with Gasteiger partial charge in [-0.2, -0.15) is 0 Å². The largest absolute Gasteiger partial charge is 0.493 e. The molecule has 3 rings (SSSR count). The number of pyridine rings is 1. The highest BCUT2D eigenvalue weighted by atomic mass is 16.5. The van der Waals surface area contributed by atoms with E-state index in [0.29, 0.717) is 30.9 Å². The lowest BCUT2D eigenvalue weighted by Gasteiger charge is -2.22. The zero-order valence-corrected chi connectivity index (χ0v) is 15.8. The minimum absolute atomic E-state index is 0.145. The number of aromatic nitrogens is 1. The van der Waals surface area contributed by atoms with Crippen molar-refractivity contribution in [2.24, 2.45) is 11.8 Å². The maximum absolute atomic E-state index is 11.3. The highest BCUT2D eigenvalue weighted by molar-refractivity contribution is 5.89. The van der Waals surface area contributed by atoms with Gasteiger partial charge in [0.05, 0.1) is 12.8 Å². The van der Waals surface area contributed by atoms with Gasteiger partial charge in [0.1, 0.15) is 23.9 Å². The van der Waals surface area contributed by atoms with E-state index in [1.165, 1.54) is 6.92 Å². The Balaban J connectivity index is 1.78. The molecule has 1 aromatic carbocycles. The summed E-state index contributed by atoms with van der Waals surface area (Å²) in [5.41, 5.74) is 3.10. The van der Waals surface area contributed by atoms with E-state index >= 15 is 0 Å². The van der Waals surface area contributed by atoms with E-state index in [1.807, 2.05) is 18.2 Å². The lowest BCUT2D eigenvalue weighted by Crippen LogP contribution is -2.12. The molecule has 1 atom stereocenters. The Morgan fingerprint density at radius 3 is 2.81 bits per heavy atom. The fraction of sp³-hybridized carbons (Fsp3) is 0.429. The summed E-state index contributed by atoms with van der Waals surface area (Å²) in [6, 6.07) is 7.93. The summed E-state index contributed by atoms with van der Waals surface area (Å²) in [6.07, 6.45) is 2.81. The molecule has 2 aromatic rings. The number of carbonyl (C=O) groups excluding carboxylic acids is 1.